The summed E-state index contributed by atoms with van der Waals surface area (Å²) in [6.45, 7) is 1.26. The summed E-state index contributed by atoms with van der Waals surface area (Å²) in [6, 6.07) is 0.335. The summed E-state index contributed by atoms with van der Waals surface area (Å²) < 4.78 is 0. The molecule has 136 valence electrons. The van der Waals surface area contributed by atoms with Gasteiger partial charge in [0, 0.05) is 30.4 Å². The van der Waals surface area contributed by atoms with E-state index in [1.807, 2.05) is 4.90 Å². The average Bonchev–Trinajstić information content (AvgIpc) is 3.26. The highest BCUT2D eigenvalue weighted by Crippen LogP contribution is 2.26. The largest absolute Gasteiger partial charge is 0.353 e. The fraction of sp³-hybridized carbons (Fsp3) is 0.737. The van der Waals surface area contributed by atoms with Gasteiger partial charge in [0.05, 0.1) is 5.92 Å². The van der Waals surface area contributed by atoms with E-state index in [2.05, 4.69) is 15.5 Å². The first-order valence-electron chi connectivity index (χ1n) is 9.88. The standard InChI is InChI=1S/C19H28N4O2/c24-18(20-14-7-2-1-3-8-14)13-6-5-11-23(12-13)19(25)17-15-9-4-10-16(15)21-22-17/h13-14H,1-12H2,(H,20,24)(H,21,22)/t13-/m1/s1. The van der Waals surface area contributed by atoms with E-state index in [4.69, 9.17) is 0 Å². The van der Waals surface area contributed by atoms with Gasteiger partial charge in [0.15, 0.2) is 5.69 Å². The molecule has 0 radical (unpaired) electrons. The molecular weight excluding hydrogens is 316 g/mol. The summed E-state index contributed by atoms with van der Waals surface area (Å²) in [7, 11) is 0. The minimum absolute atomic E-state index is 0.00503. The number of aryl methyl sites for hydroxylation is 1. The van der Waals surface area contributed by atoms with Gasteiger partial charge in [-0.3, -0.25) is 14.7 Å². The number of nitrogens with zero attached hydrogens (tertiary/aromatic N) is 2. The molecular formula is C19H28N4O2. The summed E-state index contributed by atoms with van der Waals surface area (Å²) in [5.41, 5.74) is 2.80. The Hall–Kier alpha value is -1.85. The highest BCUT2D eigenvalue weighted by molar-refractivity contribution is 5.94. The van der Waals surface area contributed by atoms with Crippen molar-refractivity contribution in [1.29, 1.82) is 0 Å². The van der Waals surface area contributed by atoms with E-state index in [0.717, 1.165) is 62.7 Å². The van der Waals surface area contributed by atoms with Crippen LogP contribution in [0.15, 0.2) is 0 Å². The highest BCUT2D eigenvalue weighted by atomic mass is 16.2. The molecule has 1 saturated carbocycles. The molecule has 0 spiro atoms. The molecule has 6 heteroatoms. The lowest BCUT2D eigenvalue weighted by Gasteiger charge is -2.33. The highest BCUT2D eigenvalue weighted by Gasteiger charge is 2.33. The molecule has 4 rings (SSSR count). The molecule has 2 aliphatic carbocycles. The van der Waals surface area contributed by atoms with E-state index in [1.54, 1.807) is 0 Å². The van der Waals surface area contributed by atoms with Gasteiger partial charge in [0.1, 0.15) is 0 Å². The number of H-pyrrole nitrogens is 1. The SMILES string of the molecule is O=C(NC1CCCCC1)[C@@H]1CCCN(C(=O)c2n[nH]c3c2CCC3)C1. The molecule has 2 N–H and O–H groups in total. The fourth-order valence-electron chi connectivity index (χ4n) is 4.59. The monoisotopic (exact) mass is 344 g/mol. The van der Waals surface area contributed by atoms with Crippen molar-refractivity contribution < 1.29 is 9.59 Å². The molecule has 0 aromatic carbocycles. The minimum atomic E-state index is -0.0772. The van der Waals surface area contributed by atoms with Crippen LogP contribution in [0, 0.1) is 5.92 Å². The van der Waals surface area contributed by atoms with Gasteiger partial charge in [0.25, 0.3) is 5.91 Å². The van der Waals surface area contributed by atoms with Crippen molar-refractivity contribution in [3.05, 3.63) is 17.0 Å². The van der Waals surface area contributed by atoms with Crippen LogP contribution in [0.4, 0.5) is 0 Å². The predicted octanol–water partition coefficient (Wildman–Crippen LogP) is 2.20. The molecule has 0 unspecified atom stereocenters. The molecule has 1 aliphatic heterocycles. The van der Waals surface area contributed by atoms with Crippen LogP contribution in [-0.4, -0.2) is 46.0 Å². The lowest BCUT2D eigenvalue weighted by molar-refractivity contribution is -0.127. The molecule has 2 heterocycles. The van der Waals surface area contributed by atoms with Crippen LogP contribution in [0.25, 0.3) is 0 Å². The molecule has 1 aromatic heterocycles. The van der Waals surface area contributed by atoms with Crippen LogP contribution in [0.3, 0.4) is 0 Å². The van der Waals surface area contributed by atoms with E-state index >= 15 is 0 Å². The molecule has 1 aromatic rings. The first-order valence-corrected chi connectivity index (χ1v) is 9.88. The average molecular weight is 344 g/mol. The number of carbonyl (C=O) groups excluding carboxylic acids is 2. The van der Waals surface area contributed by atoms with Crippen LogP contribution in [0.2, 0.25) is 0 Å². The Kier molecular flexibility index (Phi) is 4.77. The van der Waals surface area contributed by atoms with E-state index in [9.17, 15) is 9.59 Å². The van der Waals surface area contributed by atoms with Crippen LogP contribution < -0.4 is 5.32 Å². The third kappa shape index (κ3) is 3.44. The third-order valence-electron chi connectivity index (χ3n) is 6.04. The Labute approximate surface area is 148 Å². The Balaban J connectivity index is 1.38. The minimum Gasteiger partial charge on any atom is -0.353 e. The Morgan fingerprint density at radius 1 is 1.04 bits per heavy atom. The lowest BCUT2D eigenvalue weighted by Crippen LogP contribution is -2.48. The molecule has 0 bridgehead atoms. The first-order chi connectivity index (χ1) is 12.2. The van der Waals surface area contributed by atoms with Crippen molar-refractivity contribution in [1.82, 2.24) is 20.4 Å². The van der Waals surface area contributed by atoms with Gasteiger partial charge in [-0.25, -0.2) is 0 Å². The Bertz CT molecular complexity index is 648. The van der Waals surface area contributed by atoms with Gasteiger partial charge in [0.2, 0.25) is 5.91 Å². The maximum absolute atomic E-state index is 12.9. The molecule has 1 saturated heterocycles. The van der Waals surface area contributed by atoms with Gasteiger partial charge in [-0.2, -0.15) is 5.10 Å². The Morgan fingerprint density at radius 2 is 1.88 bits per heavy atom. The number of hydrogen-bond acceptors (Lipinski definition) is 3. The van der Waals surface area contributed by atoms with Gasteiger partial charge in [-0.15, -0.1) is 0 Å². The molecule has 2 fully saturated rings. The van der Waals surface area contributed by atoms with Crippen LogP contribution in [-0.2, 0) is 17.6 Å². The second-order valence-electron chi connectivity index (χ2n) is 7.82. The number of aromatic amines is 1. The summed E-state index contributed by atoms with van der Waals surface area (Å²) in [6.07, 6.45) is 10.7. The van der Waals surface area contributed by atoms with E-state index < -0.39 is 0 Å². The molecule has 6 nitrogen and oxygen atoms in total. The number of amides is 2. The zero-order valence-corrected chi connectivity index (χ0v) is 14.9. The fourth-order valence-corrected chi connectivity index (χ4v) is 4.59. The zero-order valence-electron chi connectivity index (χ0n) is 14.9. The van der Waals surface area contributed by atoms with Crippen molar-refractivity contribution in [2.75, 3.05) is 13.1 Å². The van der Waals surface area contributed by atoms with Crippen molar-refractivity contribution in [3.8, 4) is 0 Å². The summed E-state index contributed by atoms with van der Waals surface area (Å²) >= 11 is 0. The molecule has 2 amide bonds. The van der Waals surface area contributed by atoms with Crippen molar-refractivity contribution in [3.63, 3.8) is 0 Å². The number of carbonyl (C=O) groups is 2. The van der Waals surface area contributed by atoms with Gasteiger partial charge < -0.3 is 10.2 Å². The first kappa shape index (κ1) is 16.6. The summed E-state index contributed by atoms with van der Waals surface area (Å²) in [5.74, 6) is 0.0536. The number of aromatic nitrogens is 2. The number of rotatable bonds is 3. The van der Waals surface area contributed by atoms with E-state index in [-0.39, 0.29) is 17.7 Å². The van der Waals surface area contributed by atoms with Crippen molar-refractivity contribution >= 4 is 11.8 Å². The molecule has 25 heavy (non-hydrogen) atoms. The van der Waals surface area contributed by atoms with E-state index in [0.29, 0.717) is 18.3 Å². The van der Waals surface area contributed by atoms with Gasteiger partial charge in [-0.1, -0.05) is 19.3 Å². The van der Waals surface area contributed by atoms with E-state index in [1.165, 1.54) is 19.3 Å². The number of hydrogen-bond donors (Lipinski definition) is 2. The van der Waals surface area contributed by atoms with Crippen LogP contribution >= 0.6 is 0 Å². The van der Waals surface area contributed by atoms with Gasteiger partial charge >= 0.3 is 0 Å². The second kappa shape index (κ2) is 7.18. The normalized spacial score (nSPS) is 24.2. The zero-order chi connectivity index (χ0) is 17.2. The molecule has 1 atom stereocenters. The smallest absolute Gasteiger partial charge is 0.274 e. The topological polar surface area (TPSA) is 78.1 Å². The predicted molar refractivity (Wildman–Crippen MR) is 94.3 cm³/mol. The number of nitrogens with one attached hydrogen (secondary N) is 2. The van der Waals surface area contributed by atoms with Crippen molar-refractivity contribution in [2.24, 2.45) is 5.92 Å². The maximum Gasteiger partial charge on any atom is 0.274 e. The van der Waals surface area contributed by atoms with Crippen LogP contribution in [0.5, 0.6) is 0 Å². The Morgan fingerprint density at radius 3 is 2.72 bits per heavy atom. The third-order valence-corrected chi connectivity index (χ3v) is 6.04. The quantitative estimate of drug-likeness (QED) is 0.882. The molecule has 3 aliphatic rings. The number of piperidine rings is 1. The number of fused-ring (bicyclic) bond motifs is 1. The number of likely N-dealkylation sites (tertiary alicyclic amines) is 1. The maximum atomic E-state index is 12.9. The second-order valence-corrected chi connectivity index (χ2v) is 7.82. The lowest BCUT2D eigenvalue weighted by atomic mass is 9.93. The van der Waals surface area contributed by atoms with Gasteiger partial charge in [-0.05, 0) is 44.9 Å². The summed E-state index contributed by atoms with van der Waals surface area (Å²) in [4.78, 5) is 27.4. The van der Waals surface area contributed by atoms with Crippen molar-refractivity contribution in [2.45, 2.75) is 70.3 Å². The summed E-state index contributed by atoms with van der Waals surface area (Å²) in [5, 5.41) is 10.5. The van der Waals surface area contributed by atoms with Crippen LogP contribution in [0.1, 0.15) is 73.1 Å².